The van der Waals surface area contributed by atoms with Gasteiger partial charge in [-0.3, -0.25) is 4.68 Å². The van der Waals surface area contributed by atoms with Crippen molar-refractivity contribution >= 4 is 6.03 Å². The molecule has 3 N–H and O–H groups in total. The molecule has 0 spiro atoms. The minimum Gasteiger partial charge on any atom is -0.384 e. The third kappa shape index (κ3) is 5.34. The fourth-order valence-corrected chi connectivity index (χ4v) is 2.29. The predicted molar refractivity (Wildman–Crippen MR) is 88.8 cm³/mol. The SMILES string of the molecule is CC(CNC(=O)NCC(C)(O)c1ccc(F)cc1)Cn1cccn1. The average Bonchev–Trinajstić information content (AvgIpc) is 3.04. The summed E-state index contributed by atoms with van der Waals surface area (Å²) in [5, 5.41) is 19.9. The molecule has 2 rings (SSSR count). The molecule has 2 amide bonds. The first-order valence-electron chi connectivity index (χ1n) is 7.84. The highest BCUT2D eigenvalue weighted by molar-refractivity contribution is 5.73. The van der Waals surface area contributed by atoms with Gasteiger partial charge in [0.05, 0.1) is 6.54 Å². The van der Waals surface area contributed by atoms with Gasteiger partial charge in [0.1, 0.15) is 11.4 Å². The maximum atomic E-state index is 12.9. The molecule has 1 heterocycles. The third-order valence-corrected chi connectivity index (χ3v) is 3.73. The molecule has 7 heteroatoms. The normalized spacial score (nSPS) is 14.7. The summed E-state index contributed by atoms with van der Waals surface area (Å²) in [7, 11) is 0. The van der Waals surface area contributed by atoms with Crippen molar-refractivity contribution in [3.05, 3.63) is 54.1 Å². The van der Waals surface area contributed by atoms with E-state index in [9.17, 15) is 14.3 Å². The molecule has 0 saturated heterocycles. The van der Waals surface area contributed by atoms with Crippen molar-refractivity contribution < 1.29 is 14.3 Å². The summed E-state index contributed by atoms with van der Waals surface area (Å²) in [5.41, 5.74) is -0.734. The Morgan fingerprint density at radius 1 is 1.38 bits per heavy atom. The van der Waals surface area contributed by atoms with Crippen LogP contribution in [-0.2, 0) is 12.1 Å². The average molecular weight is 334 g/mol. The quantitative estimate of drug-likeness (QED) is 0.723. The Labute approximate surface area is 140 Å². The Balaban J connectivity index is 1.74. The number of nitrogens with one attached hydrogen (secondary N) is 2. The molecule has 2 unspecified atom stereocenters. The van der Waals surface area contributed by atoms with E-state index in [1.807, 2.05) is 23.9 Å². The van der Waals surface area contributed by atoms with E-state index < -0.39 is 5.60 Å². The van der Waals surface area contributed by atoms with Crippen molar-refractivity contribution in [1.29, 1.82) is 0 Å². The summed E-state index contributed by atoms with van der Waals surface area (Å²) in [6.07, 6.45) is 3.58. The molecule has 1 aromatic carbocycles. The highest BCUT2D eigenvalue weighted by Crippen LogP contribution is 2.19. The number of aromatic nitrogens is 2. The number of hydrogen-bond acceptors (Lipinski definition) is 3. The first-order valence-corrected chi connectivity index (χ1v) is 7.84. The van der Waals surface area contributed by atoms with Gasteiger partial charge in [-0.25, -0.2) is 9.18 Å². The van der Waals surface area contributed by atoms with Gasteiger partial charge in [0.25, 0.3) is 0 Å². The monoisotopic (exact) mass is 334 g/mol. The highest BCUT2D eigenvalue weighted by atomic mass is 19.1. The number of carbonyl (C=O) groups excluding carboxylic acids is 1. The third-order valence-electron chi connectivity index (χ3n) is 3.73. The zero-order chi connectivity index (χ0) is 17.6. The van der Waals surface area contributed by atoms with Crippen LogP contribution in [0.4, 0.5) is 9.18 Å². The Hall–Kier alpha value is -2.41. The Kier molecular flexibility index (Phi) is 5.92. The van der Waals surface area contributed by atoms with Gasteiger partial charge >= 0.3 is 6.03 Å². The second-order valence-electron chi connectivity index (χ2n) is 6.18. The van der Waals surface area contributed by atoms with E-state index in [0.717, 1.165) is 0 Å². The topological polar surface area (TPSA) is 79.2 Å². The van der Waals surface area contributed by atoms with Crippen molar-refractivity contribution in [2.75, 3.05) is 13.1 Å². The van der Waals surface area contributed by atoms with E-state index in [2.05, 4.69) is 15.7 Å². The fraction of sp³-hybridized carbons (Fsp3) is 0.412. The standard InChI is InChI=1S/C17H23FN4O2/c1-13(11-22-9-3-8-21-22)10-19-16(23)20-12-17(2,24)14-4-6-15(18)7-5-14/h3-9,13,24H,10-12H2,1-2H3,(H2,19,20,23). The Bertz CT molecular complexity index is 641. The summed E-state index contributed by atoms with van der Waals surface area (Å²) >= 11 is 0. The predicted octanol–water partition coefficient (Wildman–Crippen LogP) is 1.87. The van der Waals surface area contributed by atoms with Crippen LogP contribution in [0.15, 0.2) is 42.7 Å². The molecule has 0 bridgehead atoms. The second kappa shape index (κ2) is 7.92. The maximum Gasteiger partial charge on any atom is 0.314 e. The number of benzene rings is 1. The molecule has 0 aliphatic rings. The molecule has 0 fully saturated rings. The van der Waals surface area contributed by atoms with E-state index in [-0.39, 0.29) is 24.3 Å². The van der Waals surface area contributed by atoms with Crippen molar-refractivity contribution in [2.45, 2.75) is 26.0 Å². The molecular formula is C17H23FN4O2. The van der Waals surface area contributed by atoms with Crippen LogP contribution < -0.4 is 10.6 Å². The van der Waals surface area contributed by atoms with Gasteiger partial charge in [-0.15, -0.1) is 0 Å². The number of aliphatic hydroxyl groups is 1. The number of rotatable bonds is 7. The summed E-state index contributed by atoms with van der Waals surface area (Å²) in [6, 6.07) is 7.05. The Morgan fingerprint density at radius 3 is 2.71 bits per heavy atom. The lowest BCUT2D eigenvalue weighted by atomic mass is 9.96. The number of halogens is 1. The Morgan fingerprint density at radius 2 is 2.08 bits per heavy atom. The van der Waals surface area contributed by atoms with E-state index in [4.69, 9.17) is 0 Å². The number of carbonyl (C=O) groups is 1. The van der Waals surface area contributed by atoms with Crippen molar-refractivity contribution in [3.8, 4) is 0 Å². The van der Waals surface area contributed by atoms with Crippen LogP contribution in [0.2, 0.25) is 0 Å². The van der Waals surface area contributed by atoms with Crippen molar-refractivity contribution in [2.24, 2.45) is 5.92 Å². The summed E-state index contributed by atoms with van der Waals surface area (Å²) in [5.74, 6) is -0.153. The van der Waals surface area contributed by atoms with Crippen molar-refractivity contribution in [3.63, 3.8) is 0 Å². The van der Waals surface area contributed by atoms with Crippen LogP contribution >= 0.6 is 0 Å². The molecule has 0 aliphatic heterocycles. The lowest BCUT2D eigenvalue weighted by molar-refractivity contribution is 0.0593. The summed E-state index contributed by atoms with van der Waals surface area (Å²) in [4.78, 5) is 11.9. The first kappa shape index (κ1) is 17.9. The minimum atomic E-state index is -1.27. The van der Waals surface area contributed by atoms with Crippen LogP contribution in [0.5, 0.6) is 0 Å². The molecule has 6 nitrogen and oxygen atoms in total. The number of nitrogens with zero attached hydrogens (tertiary/aromatic N) is 2. The lowest BCUT2D eigenvalue weighted by Gasteiger charge is -2.24. The van der Waals surface area contributed by atoms with Crippen LogP contribution in [0, 0.1) is 11.7 Å². The second-order valence-corrected chi connectivity index (χ2v) is 6.18. The van der Waals surface area contributed by atoms with Gasteiger partial charge in [-0.2, -0.15) is 5.10 Å². The highest BCUT2D eigenvalue weighted by Gasteiger charge is 2.23. The molecule has 0 saturated carbocycles. The number of amides is 2. The molecule has 24 heavy (non-hydrogen) atoms. The minimum absolute atomic E-state index is 0.0258. The number of hydrogen-bond donors (Lipinski definition) is 3. The van der Waals surface area contributed by atoms with E-state index in [1.165, 1.54) is 24.3 Å². The smallest absolute Gasteiger partial charge is 0.314 e. The molecular weight excluding hydrogens is 311 g/mol. The van der Waals surface area contributed by atoms with Crippen molar-refractivity contribution in [1.82, 2.24) is 20.4 Å². The fourth-order valence-electron chi connectivity index (χ4n) is 2.29. The van der Waals surface area contributed by atoms with Crippen LogP contribution in [0.25, 0.3) is 0 Å². The molecule has 0 aliphatic carbocycles. The lowest BCUT2D eigenvalue weighted by Crippen LogP contribution is -2.44. The summed E-state index contributed by atoms with van der Waals surface area (Å²) < 4.78 is 14.7. The molecule has 1 aromatic heterocycles. The van der Waals surface area contributed by atoms with Gasteiger partial charge in [0.2, 0.25) is 0 Å². The van der Waals surface area contributed by atoms with Crippen LogP contribution in [0.1, 0.15) is 19.4 Å². The van der Waals surface area contributed by atoms with Gasteiger partial charge < -0.3 is 15.7 Å². The largest absolute Gasteiger partial charge is 0.384 e. The number of urea groups is 1. The van der Waals surface area contributed by atoms with Gasteiger partial charge in [-0.1, -0.05) is 19.1 Å². The maximum absolute atomic E-state index is 12.9. The summed E-state index contributed by atoms with van der Waals surface area (Å²) in [6.45, 7) is 4.81. The van der Waals surface area contributed by atoms with Crippen LogP contribution in [0.3, 0.4) is 0 Å². The van der Waals surface area contributed by atoms with Gasteiger partial charge in [0, 0.05) is 25.5 Å². The van der Waals surface area contributed by atoms with E-state index in [0.29, 0.717) is 18.7 Å². The molecule has 2 atom stereocenters. The molecule has 130 valence electrons. The zero-order valence-corrected chi connectivity index (χ0v) is 13.9. The van der Waals surface area contributed by atoms with E-state index in [1.54, 1.807) is 13.1 Å². The van der Waals surface area contributed by atoms with Gasteiger partial charge in [0.15, 0.2) is 0 Å². The molecule has 2 aromatic rings. The zero-order valence-electron chi connectivity index (χ0n) is 13.9. The van der Waals surface area contributed by atoms with Crippen LogP contribution in [-0.4, -0.2) is 34.0 Å². The van der Waals surface area contributed by atoms with Gasteiger partial charge in [-0.05, 0) is 36.6 Å². The van der Waals surface area contributed by atoms with E-state index >= 15 is 0 Å². The molecule has 0 radical (unpaired) electrons. The first-order chi connectivity index (χ1) is 11.4.